The molecule has 90 valence electrons. The number of nitrogens with zero attached hydrogens (tertiary/aromatic N) is 2. The van der Waals surface area contributed by atoms with E-state index in [0.29, 0.717) is 11.4 Å². The van der Waals surface area contributed by atoms with Gasteiger partial charge in [0, 0.05) is 11.9 Å². The van der Waals surface area contributed by atoms with Crippen molar-refractivity contribution in [1.29, 1.82) is 5.26 Å². The Bertz CT molecular complexity index is 570. The summed E-state index contributed by atoms with van der Waals surface area (Å²) in [6.07, 6.45) is 3.79. The molecule has 0 radical (unpaired) electrons. The summed E-state index contributed by atoms with van der Waals surface area (Å²) in [6, 6.07) is 13.8. The van der Waals surface area contributed by atoms with Gasteiger partial charge >= 0.3 is 0 Å². The molecule has 0 spiro atoms. The van der Waals surface area contributed by atoms with Gasteiger partial charge in [-0.1, -0.05) is 31.5 Å². The number of para-hydroxylation sites is 1. The van der Waals surface area contributed by atoms with Gasteiger partial charge in [-0.2, -0.15) is 5.26 Å². The molecule has 0 amide bonds. The van der Waals surface area contributed by atoms with Crippen LogP contribution >= 0.6 is 0 Å². The van der Waals surface area contributed by atoms with Crippen molar-refractivity contribution in [2.24, 2.45) is 0 Å². The Hall–Kier alpha value is -2.34. The van der Waals surface area contributed by atoms with Gasteiger partial charge in [-0.15, -0.1) is 0 Å². The molecular formula is C15H15N3. The van der Waals surface area contributed by atoms with E-state index in [1.54, 1.807) is 18.3 Å². The molecule has 0 aliphatic rings. The van der Waals surface area contributed by atoms with E-state index in [9.17, 15) is 0 Å². The molecule has 1 aromatic carbocycles. The molecule has 0 bridgehead atoms. The summed E-state index contributed by atoms with van der Waals surface area (Å²) in [5.41, 5.74) is 2.83. The van der Waals surface area contributed by atoms with Crippen molar-refractivity contribution < 1.29 is 0 Å². The van der Waals surface area contributed by atoms with Gasteiger partial charge in [0.25, 0.3) is 0 Å². The first-order valence-corrected chi connectivity index (χ1v) is 6.05. The van der Waals surface area contributed by atoms with Crippen molar-refractivity contribution in [3.05, 3.63) is 53.7 Å². The number of hydrogen-bond acceptors (Lipinski definition) is 3. The van der Waals surface area contributed by atoms with Gasteiger partial charge in [0.2, 0.25) is 0 Å². The fourth-order valence-electron chi connectivity index (χ4n) is 1.85. The van der Waals surface area contributed by atoms with Crippen LogP contribution in [-0.2, 0) is 6.42 Å². The lowest BCUT2D eigenvalue weighted by Crippen LogP contribution is -1.99. The van der Waals surface area contributed by atoms with Crippen molar-refractivity contribution in [2.45, 2.75) is 19.8 Å². The minimum Gasteiger partial charge on any atom is -0.339 e. The summed E-state index contributed by atoms with van der Waals surface area (Å²) in [5.74, 6) is 0.614. The maximum atomic E-state index is 9.04. The van der Waals surface area contributed by atoms with Crippen molar-refractivity contribution in [2.75, 3.05) is 5.32 Å². The highest BCUT2D eigenvalue weighted by Gasteiger charge is 2.05. The van der Waals surface area contributed by atoms with Gasteiger partial charge in [0.1, 0.15) is 11.9 Å². The van der Waals surface area contributed by atoms with Gasteiger partial charge in [0.05, 0.1) is 5.56 Å². The van der Waals surface area contributed by atoms with Crippen LogP contribution in [0.2, 0.25) is 0 Å². The highest BCUT2D eigenvalue weighted by molar-refractivity contribution is 5.65. The average Bonchev–Trinajstić information content (AvgIpc) is 2.42. The van der Waals surface area contributed by atoms with Gasteiger partial charge in [-0.3, -0.25) is 0 Å². The molecule has 0 aliphatic carbocycles. The Balaban J connectivity index is 2.31. The number of nitrogens with one attached hydrogen (secondary N) is 1. The quantitative estimate of drug-likeness (QED) is 0.883. The lowest BCUT2D eigenvalue weighted by atomic mass is 10.1. The zero-order chi connectivity index (χ0) is 12.8. The molecule has 2 rings (SSSR count). The third-order valence-electron chi connectivity index (χ3n) is 2.72. The Morgan fingerprint density at radius 1 is 1.22 bits per heavy atom. The van der Waals surface area contributed by atoms with Crippen LogP contribution in [-0.4, -0.2) is 4.98 Å². The van der Waals surface area contributed by atoms with Crippen LogP contribution in [0, 0.1) is 11.3 Å². The summed E-state index contributed by atoms with van der Waals surface area (Å²) in [4.78, 5) is 4.21. The van der Waals surface area contributed by atoms with Crippen LogP contribution in [0.1, 0.15) is 24.5 Å². The summed E-state index contributed by atoms with van der Waals surface area (Å²) in [5, 5.41) is 12.3. The second-order valence-electron chi connectivity index (χ2n) is 4.04. The van der Waals surface area contributed by atoms with E-state index in [1.807, 2.05) is 18.2 Å². The number of aromatic nitrogens is 1. The van der Waals surface area contributed by atoms with Crippen molar-refractivity contribution in [3.8, 4) is 6.07 Å². The van der Waals surface area contributed by atoms with Crippen LogP contribution in [0.3, 0.4) is 0 Å². The van der Waals surface area contributed by atoms with Crippen LogP contribution in [0.15, 0.2) is 42.6 Å². The highest BCUT2D eigenvalue weighted by Crippen LogP contribution is 2.22. The molecule has 1 N–H and O–H groups in total. The van der Waals surface area contributed by atoms with E-state index < -0.39 is 0 Å². The first kappa shape index (κ1) is 12.1. The van der Waals surface area contributed by atoms with E-state index in [-0.39, 0.29) is 0 Å². The summed E-state index contributed by atoms with van der Waals surface area (Å²) in [7, 11) is 0. The van der Waals surface area contributed by atoms with E-state index >= 15 is 0 Å². The fourth-order valence-corrected chi connectivity index (χ4v) is 1.85. The number of hydrogen-bond donors (Lipinski definition) is 1. The van der Waals surface area contributed by atoms with Gasteiger partial charge < -0.3 is 5.32 Å². The standard InChI is InChI=1S/C15H15N3/c1-2-6-12-7-3-4-9-14(12)18-15-13(11-16)8-5-10-17-15/h3-5,7-10H,2,6H2,1H3,(H,17,18). The number of rotatable bonds is 4. The van der Waals surface area contributed by atoms with Crippen molar-refractivity contribution in [3.63, 3.8) is 0 Å². The van der Waals surface area contributed by atoms with Crippen LogP contribution < -0.4 is 5.32 Å². The molecule has 0 saturated carbocycles. The minimum atomic E-state index is 0.559. The lowest BCUT2D eigenvalue weighted by molar-refractivity contribution is 0.923. The molecule has 1 aromatic heterocycles. The molecule has 18 heavy (non-hydrogen) atoms. The molecule has 3 heteroatoms. The Morgan fingerprint density at radius 3 is 2.83 bits per heavy atom. The SMILES string of the molecule is CCCc1ccccc1Nc1ncccc1C#N. The number of nitriles is 1. The maximum Gasteiger partial charge on any atom is 0.148 e. The monoisotopic (exact) mass is 237 g/mol. The van der Waals surface area contributed by atoms with Crippen molar-refractivity contribution >= 4 is 11.5 Å². The second kappa shape index (κ2) is 5.83. The molecule has 2 aromatic rings. The smallest absolute Gasteiger partial charge is 0.148 e. The zero-order valence-electron chi connectivity index (χ0n) is 10.4. The minimum absolute atomic E-state index is 0.559. The molecule has 0 fully saturated rings. The number of benzene rings is 1. The first-order valence-electron chi connectivity index (χ1n) is 6.05. The third kappa shape index (κ3) is 2.67. The van der Waals surface area contributed by atoms with E-state index in [4.69, 9.17) is 5.26 Å². The van der Waals surface area contributed by atoms with Gasteiger partial charge in [0.15, 0.2) is 0 Å². The molecule has 0 atom stereocenters. The predicted octanol–water partition coefficient (Wildman–Crippen LogP) is 3.65. The Morgan fingerprint density at radius 2 is 2.06 bits per heavy atom. The van der Waals surface area contributed by atoms with Crippen LogP contribution in [0.5, 0.6) is 0 Å². The van der Waals surface area contributed by atoms with E-state index in [2.05, 4.69) is 29.4 Å². The molecule has 3 nitrogen and oxygen atoms in total. The molecule has 1 heterocycles. The Labute approximate surface area is 107 Å². The first-order chi connectivity index (χ1) is 8.85. The van der Waals surface area contributed by atoms with E-state index in [1.165, 1.54) is 5.56 Å². The highest BCUT2D eigenvalue weighted by atomic mass is 15.0. The second-order valence-corrected chi connectivity index (χ2v) is 4.04. The topological polar surface area (TPSA) is 48.7 Å². The fraction of sp³-hybridized carbons (Fsp3) is 0.200. The number of aryl methyl sites for hydroxylation is 1. The van der Waals surface area contributed by atoms with E-state index in [0.717, 1.165) is 18.5 Å². The molecular weight excluding hydrogens is 222 g/mol. The summed E-state index contributed by atoms with van der Waals surface area (Å²) < 4.78 is 0. The van der Waals surface area contributed by atoms with Gasteiger partial charge in [-0.05, 0) is 30.2 Å². The number of pyridine rings is 1. The van der Waals surface area contributed by atoms with Crippen LogP contribution in [0.4, 0.5) is 11.5 Å². The predicted molar refractivity (Wildman–Crippen MR) is 72.7 cm³/mol. The summed E-state index contributed by atoms with van der Waals surface area (Å²) >= 11 is 0. The summed E-state index contributed by atoms with van der Waals surface area (Å²) in [6.45, 7) is 2.15. The lowest BCUT2D eigenvalue weighted by Gasteiger charge is -2.11. The van der Waals surface area contributed by atoms with Crippen LogP contribution in [0.25, 0.3) is 0 Å². The molecule has 0 unspecified atom stereocenters. The van der Waals surface area contributed by atoms with Gasteiger partial charge in [-0.25, -0.2) is 4.98 Å². The molecule has 0 saturated heterocycles. The normalized spacial score (nSPS) is 9.78. The third-order valence-corrected chi connectivity index (χ3v) is 2.72. The zero-order valence-corrected chi connectivity index (χ0v) is 10.4. The Kier molecular flexibility index (Phi) is 3.93. The largest absolute Gasteiger partial charge is 0.339 e. The molecule has 0 aliphatic heterocycles. The van der Waals surface area contributed by atoms with Crippen molar-refractivity contribution in [1.82, 2.24) is 4.98 Å². The number of anilines is 2. The maximum absolute atomic E-state index is 9.04. The average molecular weight is 237 g/mol.